The van der Waals surface area contributed by atoms with E-state index in [4.69, 9.17) is 10.5 Å². The summed E-state index contributed by atoms with van der Waals surface area (Å²) in [4.78, 5) is 11.6. The number of nitrogens with one attached hydrogen (secondary N) is 1. The van der Waals surface area contributed by atoms with E-state index in [0.717, 1.165) is 16.7 Å². The molecule has 0 radical (unpaired) electrons. The van der Waals surface area contributed by atoms with Gasteiger partial charge in [-0.05, 0) is 23.6 Å². The van der Waals surface area contributed by atoms with Crippen molar-refractivity contribution in [1.82, 2.24) is 5.32 Å². The molecule has 3 N–H and O–H groups in total. The molecule has 0 spiro atoms. The van der Waals surface area contributed by atoms with Gasteiger partial charge in [-0.25, -0.2) is 0 Å². The first kappa shape index (κ1) is 16.2. The molecule has 0 unspecified atom stereocenters. The highest BCUT2D eigenvalue weighted by Gasteiger charge is 2.16. The van der Waals surface area contributed by atoms with Crippen molar-refractivity contribution in [1.29, 1.82) is 0 Å². The molecule has 1 amide bonds. The largest absolute Gasteiger partial charge is 0.377 e. The molecule has 2 rings (SSSR count). The Balaban J connectivity index is 1.96. The molecular formula is C18H22N2O2. The lowest BCUT2D eigenvalue weighted by Crippen LogP contribution is -2.33. The van der Waals surface area contributed by atoms with Crippen LogP contribution in [0.4, 0.5) is 0 Å². The summed E-state index contributed by atoms with van der Waals surface area (Å²) in [5.41, 5.74) is 8.61. The monoisotopic (exact) mass is 298 g/mol. The van der Waals surface area contributed by atoms with Gasteiger partial charge in [0.25, 0.3) is 0 Å². The van der Waals surface area contributed by atoms with Crippen molar-refractivity contribution in [3.05, 3.63) is 71.3 Å². The highest BCUT2D eigenvalue weighted by atomic mass is 16.5. The average Bonchev–Trinajstić information content (AvgIpc) is 2.55. The fourth-order valence-electron chi connectivity index (χ4n) is 2.22. The number of benzene rings is 2. The topological polar surface area (TPSA) is 64.3 Å². The molecule has 0 aliphatic carbocycles. The maximum Gasteiger partial charge on any atom is 0.239 e. The lowest BCUT2D eigenvalue weighted by atomic mass is 10.1. The molecule has 4 nitrogen and oxygen atoms in total. The predicted octanol–water partition coefficient (Wildman–Crippen LogP) is 2.54. The lowest BCUT2D eigenvalue weighted by Gasteiger charge is -2.16. The van der Waals surface area contributed by atoms with Crippen molar-refractivity contribution < 1.29 is 9.53 Å². The van der Waals surface area contributed by atoms with Crippen LogP contribution in [0.15, 0.2) is 54.6 Å². The molecule has 0 saturated carbocycles. The van der Waals surface area contributed by atoms with E-state index in [1.54, 1.807) is 0 Å². The number of nitrogens with two attached hydrogens (primary N) is 1. The second-order valence-corrected chi connectivity index (χ2v) is 5.08. The molecule has 2 aromatic rings. The average molecular weight is 298 g/mol. The highest BCUT2D eigenvalue weighted by molar-refractivity contribution is 5.81. The summed E-state index contributed by atoms with van der Waals surface area (Å²) >= 11 is 0. The molecule has 0 bridgehead atoms. The van der Waals surface area contributed by atoms with Gasteiger partial charge in [-0.15, -0.1) is 0 Å². The number of ether oxygens (including phenoxy) is 1. The molecule has 2 aromatic carbocycles. The summed E-state index contributed by atoms with van der Waals surface area (Å²) in [7, 11) is 0. The molecule has 0 heterocycles. The number of amides is 1. The van der Waals surface area contributed by atoms with Gasteiger partial charge in [0, 0.05) is 13.2 Å². The van der Waals surface area contributed by atoms with E-state index >= 15 is 0 Å². The predicted molar refractivity (Wildman–Crippen MR) is 87.0 cm³/mol. The first-order valence-corrected chi connectivity index (χ1v) is 7.44. The molecule has 0 saturated heterocycles. The highest BCUT2D eigenvalue weighted by Crippen LogP contribution is 2.13. The van der Waals surface area contributed by atoms with Crippen LogP contribution < -0.4 is 11.1 Å². The fraction of sp³-hybridized carbons (Fsp3) is 0.278. The van der Waals surface area contributed by atoms with Gasteiger partial charge >= 0.3 is 0 Å². The zero-order valence-corrected chi connectivity index (χ0v) is 12.8. The number of carbonyl (C=O) groups is 1. The maximum atomic E-state index is 11.6. The molecule has 22 heavy (non-hydrogen) atoms. The molecule has 1 atom stereocenters. The van der Waals surface area contributed by atoms with Crippen molar-refractivity contribution in [2.24, 2.45) is 5.73 Å². The van der Waals surface area contributed by atoms with Crippen LogP contribution in [0, 0.1) is 0 Å². The Morgan fingerprint density at radius 3 is 2.32 bits per heavy atom. The third kappa shape index (κ3) is 4.69. The third-order valence-corrected chi connectivity index (χ3v) is 3.42. The zero-order chi connectivity index (χ0) is 15.8. The molecule has 0 aromatic heterocycles. The van der Waals surface area contributed by atoms with Crippen molar-refractivity contribution >= 4 is 5.91 Å². The molecule has 116 valence electrons. The summed E-state index contributed by atoms with van der Waals surface area (Å²) in [6.07, 6.45) is 0. The van der Waals surface area contributed by atoms with E-state index < -0.39 is 6.04 Å². The number of hydrogen-bond acceptors (Lipinski definition) is 3. The second kappa shape index (κ2) is 8.32. The first-order valence-electron chi connectivity index (χ1n) is 7.44. The Kier molecular flexibility index (Phi) is 6.13. The van der Waals surface area contributed by atoms with Crippen LogP contribution in [0.25, 0.3) is 0 Å². The van der Waals surface area contributed by atoms with Crippen molar-refractivity contribution in [2.75, 3.05) is 6.61 Å². The van der Waals surface area contributed by atoms with Gasteiger partial charge in [-0.1, -0.05) is 54.6 Å². The van der Waals surface area contributed by atoms with Crippen LogP contribution in [0.1, 0.15) is 29.7 Å². The van der Waals surface area contributed by atoms with E-state index in [0.29, 0.717) is 19.8 Å². The van der Waals surface area contributed by atoms with Gasteiger partial charge in [-0.3, -0.25) is 10.1 Å². The minimum Gasteiger partial charge on any atom is -0.377 e. The van der Waals surface area contributed by atoms with Gasteiger partial charge in [-0.2, -0.15) is 0 Å². The van der Waals surface area contributed by atoms with Crippen LogP contribution >= 0.6 is 0 Å². The van der Waals surface area contributed by atoms with Crippen molar-refractivity contribution in [2.45, 2.75) is 26.1 Å². The van der Waals surface area contributed by atoms with Gasteiger partial charge in [0.2, 0.25) is 5.91 Å². The van der Waals surface area contributed by atoms with Crippen LogP contribution in [-0.4, -0.2) is 12.5 Å². The maximum absolute atomic E-state index is 11.6. The van der Waals surface area contributed by atoms with Crippen LogP contribution in [0.2, 0.25) is 0 Å². The quantitative estimate of drug-likeness (QED) is 0.787. The van der Waals surface area contributed by atoms with Crippen LogP contribution in [-0.2, 0) is 22.7 Å². The summed E-state index contributed by atoms with van der Waals surface area (Å²) < 4.78 is 5.37. The summed E-state index contributed by atoms with van der Waals surface area (Å²) in [6, 6.07) is 17.2. The Labute approximate surface area is 131 Å². The van der Waals surface area contributed by atoms with Gasteiger partial charge < -0.3 is 10.5 Å². The lowest BCUT2D eigenvalue weighted by molar-refractivity contribution is -0.120. The zero-order valence-electron chi connectivity index (χ0n) is 12.8. The Bertz CT molecular complexity index is 582. The van der Waals surface area contributed by atoms with Gasteiger partial charge in [0.1, 0.15) is 6.04 Å². The van der Waals surface area contributed by atoms with Gasteiger partial charge in [0.15, 0.2) is 0 Å². The third-order valence-electron chi connectivity index (χ3n) is 3.42. The number of hydrogen-bond donors (Lipinski definition) is 2. The number of primary amides is 1. The van der Waals surface area contributed by atoms with Gasteiger partial charge in [0.05, 0.1) is 6.61 Å². The number of carbonyl (C=O) groups excluding carboxylic acids is 1. The van der Waals surface area contributed by atoms with E-state index in [9.17, 15) is 4.79 Å². The van der Waals surface area contributed by atoms with E-state index in [1.165, 1.54) is 0 Å². The molecule has 0 aliphatic rings. The first-order chi connectivity index (χ1) is 10.7. The SMILES string of the molecule is CCOCc1ccc(CN[C@@H](C(N)=O)c2ccccc2)cc1. The van der Waals surface area contributed by atoms with E-state index in [2.05, 4.69) is 5.32 Å². The minimum atomic E-state index is -0.482. The van der Waals surface area contributed by atoms with E-state index in [-0.39, 0.29) is 5.91 Å². The Morgan fingerprint density at radius 1 is 1.09 bits per heavy atom. The summed E-state index contributed by atoms with van der Waals surface area (Å²) in [5, 5.41) is 3.21. The number of rotatable bonds is 8. The fourth-order valence-corrected chi connectivity index (χ4v) is 2.22. The smallest absolute Gasteiger partial charge is 0.239 e. The normalized spacial score (nSPS) is 12.0. The Hall–Kier alpha value is -2.17. The van der Waals surface area contributed by atoms with E-state index in [1.807, 2.05) is 61.5 Å². The molecule has 0 aliphatic heterocycles. The molecular weight excluding hydrogens is 276 g/mol. The van der Waals surface area contributed by atoms with Crippen molar-refractivity contribution in [3.63, 3.8) is 0 Å². The minimum absolute atomic E-state index is 0.376. The summed E-state index contributed by atoms with van der Waals surface area (Å²) in [6.45, 7) is 3.89. The Morgan fingerprint density at radius 2 is 1.73 bits per heavy atom. The second-order valence-electron chi connectivity index (χ2n) is 5.08. The standard InChI is InChI=1S/C18H22N2O2/c1-2-22-13-15-10-8-14(9-11-15)12-20-17(18(19)21)16-6-4-3-5-7-16/h3-11,17,20H,2,12-13H2,1H3,(H2,19,21)/t17-/m1/s1. The molecule has 0 fully saturated rings. The summed E-state index contributed by atoms with van der Waals surface area (Å²) in [5.74, 6) is -0.376. The molecule has 4 heteroatoms. The van der Waals surface area contributed by atoms with Crippen LogP contribution in [0.5, 0.6) is 0 Å². The van der Waals surface area contributed by atoms with Crippen molar-refractivity contribution in [3.8, 4) is 0 Å². The van der Waals surface area contributed by atoms with Crippen LogP contribution in [0.3, 0.4) is 0 Å².